The van der Waals surface area contributed by atoms with Gasteiger partial charge in [0.2, 0.25) is 5.28 Å². The third-order valence-corrected chi connectivity index (χ3v) is 2.91. The summed E-state index contributed by atoms with van der Waals surface area (Å²) in [5.74, 6) is 0.320. The van der Waals surface area contributed by atoms with Crippen LogP contribution in [0.25, 0.3) is 0 Å². The lowest BCUT2D eigenvalue weighted by Crippen LogP contribution is -2.14. The Morgan fingerprint density at radius 3 is 2.65 bits per heavy atom. The first kappa shape index (κ1) is 12.3. The molecule has 1 aromatic heterocycles. The third kappa shape index (κ3) is 2.73. The quantitative estimate of drug-likeness (QED) is 0.798. The monoisotopic (exact) mass is 270 g/mol. The zero-order valence-electron chi connectivity index (χ0n) is 9.36. The van der Waals surface area contributed by atoms with Crippen LogP contribution < -0.4 is 4.84 Å². The summed E-state index contributed by atoms with van der Waals surface area (Å²) < 4.78 is 1.48. The number of halogens is 2. The van der Waals surface area contributed by atoms with Crippen molar-refractivity contribution in [1.82, 2.24) is 9.71 Å². The number of hydrogen-bond donors (Lipinski definition) is 0. The van der Waals surface area contributed by atoms with Crippen LogP contribution in [-0.4, -0.2) is 9.71 Å². The summed E-state index contributed by atoms with van der Waals surface area (Å²) in [4.78, 5) is 9.72. The molecule has 90 valence electrons. The van der Waals surface area contributed by atoms with Gasteiger partial charge < -0.3 is 4.84 Å². The first-order valence-corrected chi connectivity index (χ1v) is 6.10. The lowest BCUT2D eigenvalue weighted by Gasteiger charge is -2.09. The fourth-order valence-electron chi connectivity index (χ4n) is 1.50. The molecule has 0 unspecified atom stereocenters. The molecule has 0 aliphatic carbocycles. The van der Waals surface area contributed by atoms with E-state index in [1.807, 2.05) is 37.3 Å². The van der Waals surface area contributed by atoms with Crippen LogP contribution in [0.3, 0.4) is 0 Å². The summed E-state index contributed by atoms with van der Waals surface area (Å²) in [5, 5.41) is 0.300. The average Bonchev–Trinajstić information content (AvgIpc) is 2.62. The zero-order valence-corrected chi connectivity index (χ0v) is 10.9. The van der Waals surface area contributed by atoms with Crippen molar-refractivity contribution >= 4 is 23.2 Å². The summed E-state index contributed by atoms with van der Waals surface area (Å²) in [7, 11) is 0. The number of aryl methyl sites for hydroxylation is 1. The second-order valence-corrected chi connectivity index (χ2v) is 4.21. The van der Waals surface area contributed by atoms with Crippen LogP contribution in [0.5, 0.6) is 0 Å². The minimum atomic E-state index is 0.300. The van der Waals surface area contributed by atoms with Crippen molar-refractivity contribution in [3.8, 4) is 0 Å². The molecule has 0 saturated heterocycles. The van der Waals surface area contributed by atoms with Gasteiger partial charge in [0.25, 0.3) is 0 Å². The maximum Gasteiger partial charge on any atom is 0.237 e. The third-order valence-electron chi connectivity index (χ3n) is 2.42. The molecule has 0 atom stereocenters. The Bertz CT molecular complexity index is 497. The van der Waals surface area contributed by atoms with Crippen LogP contribution in [0.15, 0.2) is 30.3 Å². The summed E-state index contributed by atoms with van der Waals surface area (Å²) in [6, 6.07) is 9.85. The maximum atomic E-state index is 5.96. The zero-order chi connectivity index (χ0) is 12.3. The predicted molar refractivity (Wildman–Crippen MR) is 68.3 cm³/mol. The molecule has 0 fully saturated rings. The van der Waals surface area contributed by atoms with Crippen LogP contribution in [0.1, 0.15) is 17.0 Å². The molecule has 0 saturated carbocycles. The van der Waals surface area contributed by atoms with Gasteiger partial charge in [0, 0.05) is 0 Å². The Balaban J connectivity index is 2.14. The van der Waals surface area contributed by atoms with E-state index in [1.54, 1.807) is 0 Å². The average molecular weight is 271 g/mol. The van der Waals surface area contributed by atoms with Gasteiger partial charge in [-0.05, 0) is 24.1 Å². The molecule has 0 N–H and O–H groups in total. The highest BCUT2D eigenvalue weighted by molar-refractivity contribution is 6.28. The van der Waals surface area contributed by atoms with Crippen LogP contribution in [0, 0.1) is 6.92 Å². The molecule has 17 heavy (non-hydrogen) atoms. The minimum absolute atomic E-state index is 0.300. The number of hydrogen-bond acceptors (Lipinski definition) is 2. The Hall–Kier alpha value is -1.19. The second kappa shape index (κ2) is 5.43. The van der Waals surface area contributed by atoms with E-state index in [-0.39, 0.29) is 0 Å². The Labute approximate surface area is 110 Å². The van der Waals surface area contributed by atoms with Gasteiger partial charge in [-0.1, -0.05) is 30.3 Å². The van der Waals surface area contributed by atoms with E-state index in [0.29, 0.717) is 17.8 Å². The summed E-state index contributed by atoms with van der Waals surface area (Å²) >= 11 is 11.8. The van der Waals surface area contributed by atoms with Gasteiger partial charge in [0.05, 0.1) is 17.3 Å². The van der Waals surface area contributed by atoms with E-state index in [4.69, 9.17) is 28.0 Å². The standard InChI is InChI=1S/C12H12Cl2N2O/c1-9-11(7-13)16(12(14)15-9)17-8-10-5-3-2-4-6-10/h2-6H,7-8H2,1H3. The summed E-state index contributed by atoms with van der Waals surface area (Å²) in [6.45, 7) is 2.28. The lowest BCUT2D eigenvalue weighted by molar-refractivity contribution is 0.0926. The first-order valence-electron chi connectivity index (χ1n) is 5.19. The van der Waals surface area contributed by atoms with Crippen molar-refractivity contribution in [3.63, 3.8) is 0 Å². The van der Waals surface area contributed by atoms with E-state index in [9.17, 15) is 0 Å². The van der Waals surface area contributed by atoms with E-state index in [1.165, 1.54) is 4.73 Å². The van der Waals surface area contributed by atoms with Crippen molar-refractivity contribution in [2.45, 2.75) is 19.4 Å². The SMILES string of the molecule is Cc1nc(Cl)n(OCc2ccccc2)c1CCl. The Kier molecular flexibility index (Phi) is 3.92. The number of nitrogens with zero attached hydrogens (tertiary/aromatic N) is 2. The molecule has 5 heteroatoms. The van der Waals surface area contributed by atoms with Crippen molar-refractivity contribution in [2.24, 2.45) is 0 Å². The van der Waals surface area contributed by atoms with Crippen LogP contribution in [0.2, 0.25) is 5.28 Å². The van der Waals surface area contributed by atoms with E-state index < -0.39 is 0 Å². The van der Waals surface area contributed by atoms with Gasteiger partial charge in [-0.15, -0.1) is 11.6 Å². The molecular formula is C12H12Cl2N2O. The minimum Gasteiger partial charge on any atom is -0.406 e. The maximum absolute atomic E-state index is 5.96. The van der Waals surface area contributed by atoms with Gasteiger partial charge in [-0.3, -0.25) is 0 Å². The number of alkyl halides is 1. The molecular weight excluding hydrogens is 259 g/mol. The van der Waals surface area contributed by atoms with Crippen LogP contribution in [0.4, 0.5) is 0 Å². The van der Waals surface area contributed by atoms with E-state index in [2.05, 4.69) is 4.98 Å². The van der Waals surface area contributed by atoms with Gasteiger partial charge in [-0.2, -0.15) is 4.73 Å². The molecule has 0 radical (unpaired) electrons. The molecule has 1 heterocycles. The highest BCUT2D eigenvalue weighted by Gasteiger charge is 2.13. The predicted octanol–water partition coefficient (Wildman–Crippen LogP) is 3.21. The van der Waals surface area contributed by atoms with Gasteiger partial charge >= 0.3 is 0 Å². The number of benzene rings is 1. The lowest BCUT2D eigenvalue weighted by atomic mass is 10.2. The molecule has 1 aromatic carbocycles. The van der Waals surface area contributed by atoms with Crippen molar-refractivity contribution in [3.05, 3.63) is 52.6 Å². The highest BCUT2D eigenvalue weighted by atomic mass is 35.5. The van der Waals surface area contributed by atoms with Crippen molar-refractivity contribution in [2.75, 3.05) is 0 Å². The van der Waals surface area contributed by atoms with Gasteiger partial charge in [0.1, 0.15) is 6.61 Å². The fraction of sp³-hybridized carbons (Fsp3) is 0.250. The largest absolute Gasteiger partial charge is 0.406 e. The first-order chi connectivity index (χ1) is 8.22. The van der Waals surface area contributed by atoms with Gasteiger partial charge in [0.15, 0.2) is 0 Å². The number of rotatable bonds is 4. The highest BCUT2D eigenvalue weighted by Crippen LogP contribution is 2.16. The molecule has 3 nitrogen and oxygen atoms in total. The van der Waals surface area contributed by atoms with Crippen molar-refractivity contribution in [1.29, 1.82) is 0 Å². The Morgan fingerprint density at radius 1 is 1.29 bits per heavy atom. The van der Waals surface area contributed by atoms with E-state index >= 15 is 0 Å². The number of imidazole rings is 1. The smallest absolute Gasteiger partial charge is 0.237 e. The molecule has 2 rings (SSSR count). The molecule has 0 spiro atoms. The summed E-state index contributed by atoms with van der Waals surface area (Å²) in [6.07, 6.45) is 0. The topological polar surface area (TPSA) is 27.1 Å². The van der Waals surface area contributed by atoms with E-state index in [0.717, 1.165) is 17.0 Å². The Morgan fingerprint density at radius 2 is 2.00 bits per heavy atom. The van der Waals surface area contributed by atoms with Crippen LogP contribution in [-0.2, 0) is 12.5 Å². The molecule has 0 amide bonds. The fourth-order valence-corrected chi connectivity index (χ4v) is 2.08. The molecule has 0 aliphatic heterocycles. The molecule has 2 aromatic rings. The number of aromatic nitrogens is 2. The second-order valence-electron chi connectivity index (χ2n) is 3.60. The van der Waals surface area contributed by atoms with Gasteiger partial charge in [-0.25, -0.2) is 4.98 Å². The molecule has 0 aliphatic rings. The van der Waals surface area contributed by atoms with Crippen LogP contribution >= 0.6 is 23.2 Å². The van der Waals surface area contributed by atoms with Crippen molar-refractivity contribution < 1.29 is 4.84 Å². The molecule has 0 bridgehead atoms. The summed E-state index contributed by atoms with van der Waals surface area (Å²) in [5.41, 5.74) is 2.64. The normalized spacial score (nSPS) is 10.5.